The molecule has 0 bridgehead atoms. The van der Waals surface area contributed by atoms with Crippen LogP contribution >= 0.6 is 23.2 Å². The highest BCUT2D eigenvalue weighted by atomic mass is 35.5. The van der Waals surface area contributed by atoms with Crippen molar-refractivity contribution < 1.29 is 22.7 Å². The molecule has 9 heteroatoms. The van der Waals surface area contributed by atoms with E-state index in [4.69, 9.17) is 32.7 Å². The van der Waals surface area contributed by atoms with Gasteiger partial charge in [-0.2, -0.15) is 4.31 Å². The van der Waals surface area contributed by atoms with Gasteiger partial charge in [0.05, 0.1) is 19.1 Å². The van der Waals surface area contributed by atoms with Gasteiger partial charge in [-0.25, -0.2) is 8.42 Å². The standard InChI is InChI=1S/C20H19Cl2NO5S/c1-27-18-5-3-14(22)11-19(18)29(25,26)23-8-6-20(7-9-23)12-16(24)15-10-13(21)2-4-17(15)28-20/h2-5,10-11H,6-9,12H2,1H3. The number of methoxy groups -OCH3 is 1. The maximum atomic E-state index is 13.2. The van der Waals surface area contributed by atoms with Gasteiger partial charge < -0.3 is 9.47 Å². The molecule has 0 unspecified atom stereocenters. The lowest BCUT2D eigenvalue weighted by Gasteiger charge is -2.43. The number of piperidine rings is 1. The summed E-state index contributed by atoms with van der Waals surface area (Å²) in [5, 5.41) is 0.794. The molecule has 0 atom stereocenters. The van der Waals surface area contributed by atoms with Crippen LogP contribution < -0.4 is 9.47 Å². The van der Waals surface area contributed by atoms with Gasteiger partial charge in [0.15, 0.2) is 5.78 Å². The van der Waals surface area contributed by atoms with Crippen LogP contribution in [0.3, 0.4) is 0 Å². The van der Waals surface area contributed by atoms with E-state index in [-0.39, 0.29) is 35.9 Å². The maximum absolute atomic E-state index is 13.2. The van der Waals surface area contributed by atoms with Crippen molar-refractivity contribution in [1.29, 1.82) is 0 Å². The molecule has 2 heterocycles. The van der Waals surface area contributed by atoms with Gasteiger partial charge in [-0.15, -0.1) is 0 Å². The van der Waals surface area contributed by atoms with Crippen LogP contribution in [0.25, 0.3) is 0 Å². The largest absolute Gasteiger partial charge is 0.495 e. The first-order valence-corrected chi connectivity index (χ1v) is 11.3. The van der Waals surface area contributed by atoms with Crippen LogP contribution in [0.4, 0.5) is 0 Å². The number of rotatable bonds is 3. The van der Waals surface area contributed by atoms with Crippen LogP contribution in [-0.4, -0.2) is 44.3 Å². The third-order valence-corrected chi connectivity index (χ3v) is 7.82. The average Bonchev–Trinajstić information content (AvgIpc) is 2.69. The van der Waals surface area contributed by atoms with Crippen LogP contribution in [0, 0.1) is 0 Å². The summed E-state index contributed by atoms with van der Waals surface area (Å²) in [6.45, 7) is 0.461. The van der Waals surface area contributed by atoms with Crippen molar-refractivity contribution >= 4 is 39.0 Å². The number of nitrogens with zero attached hydrogens (tertiary/aromatic N) is 1. The molecule has 2 aromatic rings. The Balaban J connectivity index is 1.56. The average molecular weight is 456 g/mol. The summed E-state index contributed by atoms with van der Waals surface area (Å²) in [4.78, 5) is 12.7. The first-order valence-electron chi connectivity index (χ1n) is 9.10. The van der Waals surface area contributed by atoms with Crippen LogP contribution in [0.15, 0.2) is 41.3 Å². The smallest absolute Gasteiger partial charge is 0.246 e. The third kappa shape index (κ3) is 3.72. The van der Waals surface area contributed by atoms with Crippen molar-refractivity contribution in [2.45, 2.75) is 29.8 Å². The number of hydrogen-bond acceptors (Lipinski definition) is 5. The Morgan fingerprint density at radius 2 is 1.72 bits per heavy atom. The minimum Gasteiger partial charge on any atom is -0.495 e. The van der Waals surface area contributed by atoms with E-state index in [1.54, 1.807) is 24.3 Å². The molecule has 1 fully saturated rings. The van der Waals surface area contributed by atoms with E-state index in [9.17, 15) is 13.2 Å². The molecule has 154 valence electrons. The van der Waals surface area contributed by atoms with E-state index in [1.165, 1.54) is 23.5 Å². The SMILES string of the molecule is COc1ccc(Cl)cc1S(=O)(=O)N1CCC2(CC1)CC(=O)c1cc(Cl)ccc1O2. The number of fused-ring (bicyclic) bond motifs is 1. The Hall–Kier alpha value is -1.80. The number of carbonyl (C=O) groups is 1. The lowest BCUT2D eigenvalue weighted by Crippen LogP contribution is -2.52. The van der Waals surface area contributed by atoms with Crippen LogP contribution in [-0.2, 0) is 10.0 Å². The molecule has 0 amide bonds. The molecule has 29 heavy (non-hydrogen) atoms. The van der Waals surface area contributed by atoms with E-state index >= 15 is 0 Å². The highest BCUT2D eigenvalue weighted by Gasteiger charge is 2.45. The quantitative estimate of drug-likeness (QED) is 0.693. The minimum atomic E-state index is -3.80. The van der Waals surface area contributed by atoms with Crippen molar-refractivity contribution in [3.8, 4) is 11.5 Å². The highest BCUT2D eigenvalue weighted by molar-refractivity contribution is 7.89. The topological polar surface area (TPSA) is 72.9 Å². The van der Waals surface area contributed by atoms with Gasteiger partial charge >= 0.3 is 0 Å². The molecule has 0 N–H and O–H groups in total. The molecule has 0 aromatic heterocycles. The van der Waals surface area contributed by atoms with Crippen LogP contribution in [0.2, 0.25) is 10.0 Å². The van der Waals surface area contributed by atoms with Crippen LogP contribution in [0.5, 0.6) is 11.5 Å². The Kier molecular flexibility index (Phi) is 5.27. The third-order valence-electron chi connectivity index (χ3n) is 5.43. The monoisotopic (exact) mass is 455 g/mol. The summed E-state index contributed by atoms with van der Waals surface area (Å²) in [7, 11) is -2.38. The van der Waals surface area contributed by atoms with Crippen molar-refractivity contribution in [3.05, 3.63) is 52.0 Å². The zero-order valence-corrected chi connectivity index (χ0v) is 18.0. The predicted molar refractivity (Wildman–Crippen MR) is 110 cm³/mol. The molecule has 2 aliphatic rings. The fraction of sp³-hybridized carbons (Fsp3) is 0.350. The molecule has 0 saturated carbocycles. The van der Waals surface area contributed by atoms with Gasteiger partial charge in [0.25, 0.3) is 0 Å². The Labute approximate surface area is 179 Å². The van der Waals surface area contributed by atoms with Gasteiger partial charge in [0, 0.05) is 36.0 Å². The Morgan fingerprint density at radius 3 is 2.41 bits per heavy atom. The number of carbonyl (C=O) groups excluding carboxylic acids is 1. The number of ketones is 1. The van der Waals surface area contributed by atoms with Crippen molar-refractivity contribution in [1.82, 2.24) is 4.31 Å². The molecule has 4 rings (SSSR count). The number of sulfonamides is 1. The lowest BCUT2D eigenvalue weighted by molar-refractivity contribution is 0.00590. The summed E-state index contributed by atoms with van der Waals surface area (Å²) in [6, 6.07) is 9.48. The molecule has 2 aliphatic heterocycles. The second-order valence-corrected chi connectivity index (χ2v) is 10.0. The van der Waals surface area contributed by atoms with E-state index in [1.807, 2.05) is 0 Å². The first kappa shape index (κ1) is 20.5. The molecule has 6 nitrogen and oxygen atoms in total. The zero-order valence-electron chi connectivity index (χ0n) is 15.7. The van der Waals surface area contributed by atoms with E-state index in [0.29, 0.717) is 34.2 Å². The number of Topliss-reactive ketones (excluding diaryl/α,β-unsaturated/α-hetero) is 1. The van der Waals surface area contributed by atoms with Gasteiger partial charge in [-0.1, -0.05) is 23.2 Å². The van der Waals surface area contributed by atoms with Gasteiger partial charge in [-0.05, 0) is 36.4 Å². The second-order valence-electron chi connectivity index (χ2n) is 7.22. The highest BCUT2D eigenvalue weighted by Crippen LogP contribution is 2.41. The first-order chi connectivity index (χ1) is 13.7. The van der Waals surface area contributed by atoms with E-state index < -0.39 is 15.6 Å². The van der Waals surface area contributed by atoms with E-state index in [2.05, 4.69) is 0 Å². The second kappa shape index (κ2) is 7.47. The molecular weight excluding hydrogens is 437 g/mol. The van der Waals surface area contributed by atoms with Gasteiger partial charge in [0.2, 0.25) is 10.0 Å². The molecule has 1 saturated heterocycles. The fourth-order valence-corrected chi connectivity index (χ4v) is 5.90. The predicted octanol–water partition coefficient (Wildman–Crippen LogP) is 4.19. The summed E-state index contributed by atoms with van der Waals surface area (Å²) in [5.41, 5.74) is -0.232. The number of halogens is 2. The Morgan fingerprint density at radius 1 is 1.07 bits per heavy atom. The number of ether oxygens (including phenoxy) is 2. The molecule has 1 spiro atoms. The molecule has 0 radical (unpaired) electrons. The van der Waals surface area contributed by atoms with Gasteiger partial charge in [0.1, 0.15) is 22.0 Å². The summed E-state index contributed by atoms with van der Waals surface area (Å²) >= 11 is 12.0. The van der Waals surface area contributed by atoms with E-state index in [0.717, 1.165) is 0 Å². The number of hydrogen-bond donors (Lipinski definition) is 0. The number of benzene rings is 2. The Bertz CT molecular complexity index is 1080. The fourth-order valence-electron chi connectivity index (χ4n) is 3.87. The minimum absolute atomic E-state index is 0.0316. The normalized spacial score (nSPS) is 18.9. The van der Waals surface area contributed by atoms with Crippen molar-refractivity contribution in [2.75, 3.05) is 20.2 Å². The maximum Gasteiger partial charge on any atom is 0.246 e. The van der Waals surface area contributed by atoms with Crippen LogP contribution in [0.1, 0.15) is 29.6 Å². The summed E-state index contributed by atoms with van der Waals surface area (Å²) < 4.78 is 39.1. The zero-order chi connectivity index (χ0) is 20.8. The van der Waals surface area contributed by atoms with Crippen molar-refractivity contribution in [3.63, 3.8) is 0 Å². The summed E-state index contributed by atoms with van der Waals surface area (Å²) in [5.74, 6) is 0.699. The molecule has 0 aliphatic carbocycles. The molecular formula is C20H19Cl2NO5S. The van der Waals surface area contributed by atoms with Gasteiger partial charge in [-0.3, -0.25) is 4.79 Å². The lowest BCUT2D eigenvalue weighted by atomic mass is 9.83. The van der Waals surface area contributed by atoms with Crippen molar-refractivity contribution in [2.24, 2.45) is 0 Å². The molecule has 2 aromatic carbocycles. The summed E-state index contributed by atoms with van der Waals surface area (Å²) in [6.07, 6.45) is 1.01.